The summed E-state index contributed by atoms with van der Waals surface area (Å²) in [5.41, 5.74) is 0. The molecule has 0 saturated heterocycles. The summed E-state index contributed by atoms with van der Waals surface area (Å²) in [7, 11) is 0. The van der Waals surface area contributed by atoms with Gasteiger partial charge in [0.1, 0.15) is 0 Å². The lowest BCUT2D eigenvalue weighted by atomic mass is 10.1. The fourth-order valence-corrected chi connectivity index (χ4v) is 1.65. The molecule has 0 bridgehead atoms. The average Bonchev–Trinajstić information content (AvgIpc) is 2.52. The summed E-state index contributed by atoms with van der Waals surface area (Å²) >= 11 is 0. The predicted molar refractivity (Wildman–Crippen MR) is 46.5 cm³/mol. The van der Waals surface area contributed by atoms with Crippen molar-refractivity contribution in [3.8, 4) is 0 Å². The van der Waals surface area contributed by atoms with E-state index in [4.69, 9.17) is 5.11 Å². The normalized spacial score (nSPS) is 22.4. The van der Waals surface area contributed by atoms with Gasteiger partial charge in [0.15, 0.2) is 0 Å². The van der Waals surface area contributed by atoms with Gasteiger partial charge in [0.2, 0.25) is 0 Å². The average molecular weight is 157 g/mol. The quantitative estimate of drug-likeness (QED) is 0.641. The van der Waals surface area contributed by atoms with E-state index in [1.807, 2.05) is 6.92 Å². The Kier molecular flexibility index (Phi) is 3.87. The van der Waals surface area contributed by atoms with Crippen LogP contribution < -0.4 is 5.32 Å². The van der Waals surface area contributed by atoms with Crippen LogP contribution in [0.2, 0.25) is 0 Å². The first-order chi connectivity index (χ1) is 5.33. The maximum absolute atomic E-state index is 8.75. The van der Waals surface area contributed by atoms with Crippen LogP contribution in [-0.4, -0.2) is 24.3 Å². The monoisotopic (exact) mass is 157 g/mol. The van der Waals surface area contributed by atoms with Crippen molar-refractivity contribution >= 4 is 0 Å². The fourth-order valence-electron chi connectivity index (χ4n) is 1.65. The molecule has 1 aliphatic carbocycles. The molecule has 1 aliphatic rings. The summed E-state index contributed by atoms with van der Waals surface area (Å²) in [6, 6.07) is 0.274. The lowest BCUT2D eigenvalue weighted by Crippen LogP contribution is -2.32. The van der Waals surface area contributed by atoms with Crippen molar-refractivity contribution in [2.45, 2.75) is 38.6 Å². The lowest BCUT2D eigenvalue weighted by Gasteiger charge is -2.14. The lowest BCUT2D eigenvalue weighted by molar-refractivity contribution is 0.246. The Balaban J connectivity index is 2.01. The molecule has 0 aromatic carbocycles. The van der Waals surface area contributed by atoms with Crippen LogP contribution in [-0.2, 0) is 0 Å². The molecule has 0 heterocycles. The molecule has 11 heavy (non-hydrogen) atoms. The Hall–Kier alpha value is -0.0800. The molecule has 2 N–H and O–H groups in total. The molecule has 1 atom stereocenters. The Morgan fingerprint density at radius 2 is 2.09 bits per heavy atom. The first-order valence-corrected chi connectivity index (χ1v) is 4.67. The van der Waals surface area contributed by atoms with Gasteiger partial charge in [0, 0.05) is 6.04 Å². The van der Waals surface area contributed by atoms with Crippen LogP contribution in [0.4, 0.5) is 0 Å². The van der Waals surface area contributed by atoms with Crippen molar-refractivity contribution in [3.63, 3.8) is 0 Å². The van der Waals surface area contributed by atoms with E-state index in [0.717, 1.165) is 12.5 Å². The maximum atomic E-state index is 8.75. The number of nitrogens with one attached hydrogen (secondary N) is 1. The van der Waals surface area contributed by atoms with E-state index in [1.165, 1.54) is 25.7 Å². The van der Waals surface area contributed by atoms with E-state index in [0.29, 0.717) is 0 Å². The van der Waals surface area contributed by atoms with Crippen molar-refractivity contribution in [2.75, 3.05) is 13.2 Å². The summed E-state index contributed by atoms with van der Waals surface area (Å²) in [5, 5.41) is 12.1. The summed E-state index contributed by atoms with van der Waals surface area (Å²) in [6.07, 6.45) is 5.57. The van der Waals surface area contributed by atoms with Crippen molar-refractivity contribution < 1.29 is 5.11 Å². The Labute approximate surface area is 69.0 Å². The van der Waals surface area contributed by atoms with Gasteiger partial charge in [-0.1, -0.05) is 12.8 Å². The van der Waals surface area contributed by atoms with Crippen LogP contribution in [0.15, 0.2) is 0 Å². The van der Waals surface area contributed by atoms with Gasteiger partial charge in [-0.3, -0.25) is 0 Å². The molecule has 2 heteroatoms. The highest BCUT2D eigenvalue weighted by Crippen LogP contribution is 2.23. The summed E-state index contributed by atoms with van der Waals surface area (Å²) in [6.45, 7) is 3.38. The van der Waals surface area contributed by atoms with Gasteiger partial charge in [0.25, 0.3) is 0 Å². The number of rotatable bonds is 4. The second-order valence-electron chi connectivity index (χ2n) is 3.64. The van der Waals surface area contributed by atoms with Crippen LogP contribution in [0, 0.1) is 5.92 Å². The number of aliphatic hydroxyl groups is 1. The maximum Gasteiger partial charge on any atom is 0.0581 e. The highest BCUT2D eigenvalue weighted by molar-refractivity contribution is 4.71. The second-order valence-corrected chi connectivity index (χ2v) is 3.64. The minimum atomic E-state index is 0.257. The third kappa shape index (κ3) is 3.21. The van der Waals surface area contributed by atoms with E-state index >= 15 is 0 Å². The molecule has 1 unspecified atom stereocenters. The zero-order valence-electron chi connectivity index (χ0n) is 7.34. The predicted octanol–water partition coefficient (Wildman–Crippen LogP) is 1.15. The topological polar surface area (TPSA) is 32.3 Å². The minimum absolute atomic E-state index is 0.257. The smallest absolute Gasteiger partial charge is 0.0581 e. The summed E-state index contributed by atoms with van der Waals surface area (Å²) < 4.78 is 0. The molecular formula is C9H19NO. The molecule has 1 fully saturated rings. The Bertz CT molecular complexity index is 99.7. The molecular weight excluding hydrogens is 138 g/mol. The number of hydrogen-bond acceptors (Lipinski definition) is 2. The standard InChI is InChI=1S/C9H19NO/c1-8(7-11)10-6-9-4-2-3-5-9/h8-11H,2-7H2,1H3. The van der Waals surface area contributed by atoms with Gasteiger partial charge in [0.05, 0.1) is 6.61 Å². The largest absolute Gasteiger partial charge is 0.395 e. The Morgan fingerprint density at radius 3 is 2.64 bits per heavy atom. The van der Waals surface area contributed by atoms with Crippen molar-refractivity contribution in [3.05, 3.63) is 0 Å². The van der Waals surface area contributed by atoms with Crippen LogP contribution in [0.5, 0.6) is 0 Å². The first kappa shape index (κ1) is 9.01. The van der Waals surface area contributed by atoms with E-state index < -0.39 is 0 Å². The molecule has 0 amide bonds. The summed E-state index contributed by atoms with van der Waals surface area (Å²) in [5.74, 6) is 0.879. The second kappa shape index (κ2) is 4.73. The van der Waals surface area contributed by atoms with Gasteiger partial charge in [-0.2, -0.15) is 0 Å². The van der Waals surface area contributed by atoms with Crippen LogP contribution in [0.1, 0.15) is 32.6 Å². The van der Waals surface area contributed by atoms with Gasteiger partial charge < -0.3 is 10.4 Å². The van der Waals surface area contributed by atoms with Gasteiger partial charge >= 0.3 is 0 Å². The highest BCUT2D eigenvalue weighted by Gasteiger charge is 2.14. The first-order valence-electron chi connectivity index (χ1n) is 4.67. The van der Waals surface area contributed by atoms with E-state index in [9.17, 15) is 0 Å². The number of aliphatic hydroxyl groups excluding tert-OH is 1. The zero-order valence-corrected chi connectivity index (χ0v) is 7.34. The zero-order chi connectivity index (χ0) is 8.10. The molecule has 1 rings (SSSR count). The molecule has 1 saturated carbocycles. The SMILES string of the molecule is CC(CO)NCC1CCCC1. The van der Waals surface area contributed by atoms with Crippen LogP contribution >= 0.6 is 0 Å². The number of hydrogen-bond donors (Lipinski definition) is 2. The fraction of sp³-hybridized carbons (Fsp3) is 1.00. The van der Waals surface area contributed by atoms with Gasteiger partial charge in [-0.15, -0.1) is 0 Å². The minimum Gasteiger partial charge on any atom is -0.395 e. The van der Waals surface area contributed by atoms with Crippen molar-refractivity contribution in [2.24, 2.45) is 5.92 Å². The van der Waals surface area contributed by atoms with Gasteiger partial charge in [-0.25, -0.2) is 0 Å². The van der Waals surface area contributed by atoms with E-state index in [2.05, 4.69) is 5.32 Å². The summed E-state index contributed by atoms with van der Waals surface area (Å²) in [4.78, 5) is 0. The van der Waals surface area contributed by atoms with Gasteiger partial charge in [-0.05, 0) is 32.2 Å². The van der Waals surface area contributed by atoms with Crippen molar-refractivity contribution in [1.82, 2.24) is 5.32 Å². The van der Waals surface area contributed by atoms with Crippen LogP contribution in [0.3, 0.4) is 0 Å². The third-order valence-electron chi connectivity index (χ3n) is 2.50. The third-order valence-corrected chi connectivity index (χ3v) is 2.50. The molecule has 0 spiro atoms. The molecule has 0 aliphatic heterocycles. The van der Waals surface area contributed by atoms with E-state index in [-0.39, 0.29) is 12.6 Å². The van der Waals surface area contributed by atoms with Crippen LogP contribution in [0.25, 0.3) is 0 Å². The molecule has 0 aromatic heterocycles. The molecule has 2 nitrogen and oxygen atoms in total. The van der Waals surface area contributed by atoms with Crippen molar-refractivity contribution in [1.29, 1.82) is 0 Å². The highest BCUT2D eigenvalue weighted by atomic mass is 16.3. The molecule has 66 valence electrons. The molecule has 0 radical (unpaired) electrons. The molecule has 0 aromatic rings. The Morgan fingerprint density at radius 1 is 1.45 bits per heavy atom. The van der Waals surface area contributed by atoms with E-state index in [1.54, 1.807) is 0 Å².